The van der Waals surface area contributed by atoms with E-state index < -0.39 is 5.79 Å². The lowest BCUT2D eigenvalue weighted by atomic mass is 10.1. The van der Waals surface area contributed by atoms with Crippen LogP contribution < -0.4 is 0 Å². The highest BCUT2D eigenvalue weighted by Crippen LogP contribution is 2.30. The molecule has 0 saturated carbocycles. The fourth-order valence-electron chi connectivity index (χ4n) is 1.41. The minimum Gasteiger partial charge on any atom is -0.390 e. The third kappa shape index (κ3) is 1.44. The summed E-state index contributed by atoms with van der Waals surface area (Å²) in [6, 6.07) is 3.56. The number of ether oxygens (including phenoxy) is 2. The molecule has 4 heteroatoms. The molecule has 13 heavy (non-hydrogen) atoms. The van der Waals surface area contributed by atoms with Crippen molar-refractivity contribution in [2.24, 2.45) is 0 Å². The Morgan fingerprint density at radius 2 is 1.92 bits per heavy atom. The fourth-order valence-corrected chi connectivity index (χ4v) is 1.41. The van der Waals surface area contributed by atoms with Crippen LogP contribution in [0.5, 0.6) is 0 Å². The van der Waals surface area contributed by atoms with E-state index in [2.05, 4.69) is 4.98 Å². The first-order valence-electron chi connectivity index (χ1n) is 4.17. The van der Waals surface area contributed by atoms with E-state index in [-0.39, 0.29) is 6.61 Å². The van der Waals surface area contributed by atoms with E-state index in [1.165, 1.54) is 0 Å². The van der Waals surface area contributed by atoms with Crippen molar-refractivity contribution in [1.82, 2.24) is 4.98 Å². The molecule has 2 heterocycles. The number of hydrogen-bond donors (Lipinski definition) is 1. The Morgan fingerprint density at radius 3 is 2.46 bits per heavy atom. The maximum atomic E-state index is 9.20. The molecule has 1 aromatic rings. The normalized spacial score (nSPS) is 20.4. The van der Waals surface area contributed by atoms with Crippen molar-refractivity contribution in [2.75, 3.05) is 19.8 Å². The minimum atomic E-state index is -0.955. The monoisotopic (exact) mass is 181 g/mol. The summed E-state index contributed by atoms with van der Waals surface area (Å²) < 4.78 is 10.8. The molecule has 0 aromatic carbocycles. The number of hydrogen-bond acceptors (Lipinski definition) is 4. The topological polar surface area (TPSA) is 51.6 Å². The van der Waals surface area contributed by atoms with Gasteiger partial charge in [0.15, 0.2) is 0 Å². The summed E-state index contributed by atoms with van der Waals surface area (Å²) in [5.74, 6) is -0.955. The fraction of sp³-hybridized carbons (Fsp3) is 0.444. The van der Waals surface area contributed by atoms with E-state index >= 15 is 0 Å². The number of aliphatic hydroxyl groups excluding tert-OH is 1. The van der Waals surface area contributed by atoms with Gasteiger partial charge in [-0.15, -0.1) is 0 Å². The highest BCUT2D eigenvalue weighted by molar-refractivity contribution is 5.17. The van der Waals surface area contributed by atoms with Crippen molar-refractivity contribution in [1.29, 1.82) is 0 Å². The molecule has 4 nitrogen and oxygen atoms in total. The Hall–Kier alpha value is -0.970. The highest BCUT2D eigenvalue weighted by atomic mass is 16.7. The van der Waals surface area contributed by atoms with Crippen LogP contribution in [0, 0.1) is 0 Å². The second-order valence-corrected chi connectivity index (χ2v) is 2.84. The molecule has 1 N–H and O–H groups in total. The maximum absolute atomic E-state index is 9.20. The number of aromatic nitrogens is 1. The summed E-state index contributed by atoms with van der Waals surface area (Å²) in [6.45, 7) is 0.864. The molecule has 0 unspecified atom stereocenters. The van der Waals surface area contributed by atoms with Gasteiger partial charge in [-0.1, -0.05) is 0 Å². The summed E-state index contributed by atoms with van der Waals surface area (Å²) in [7, 11) is 0. The van der Waals surface area contributed by atoms with E-state index in [1.54, 1.807) is 24.5 Å². The Bertz CT molecular complexity index is 269. The molecule has 0 aliphatic carbocycles. The Kier molecular flexibility index (Phi) is 2.26. The van der Waals surface area contributed by atoms with Crippen LogP contribution in [-0.4, -0.2) is 29.9 Å². The SMILES string of the molecule is OCC1(c2ccncc2)OCCO1. The van der Waals surface area contributed by atoms with Crippen LogP contribution >= 0.6 is 0 Å². The molecule has 1 fully saturated rings. The van der Waals surface area contributed by atoms with Gasteiger partial charge < -0.3 is 14.6 Å². The number of aliphatic hydroxyl groups is 1. The quantitative estimate of drug-likeness (QED) is 0.711. The van der Waals surface area contributed by atoms with E-state index in [0.717, 1.165) is 5.56 Å². The average Bonchev–Trinajstić information content (AvgIpc) is 2.69. The van der Waals surface area contributed by atoms with E-state index in [0.29, 0.717) is 13.2 Å². The van der Waals surface area contributed by atoms with Crippen LogP contribution in [0.3, 0.4) is 0 Å². The lowest BCUT2D eigenvalue weighted by molar-refractivity contribution is -0.191. The van der Waals surface area contributed by atoms with E-state index in [4.69, 9.17) is 9.47 Å². The van der Waals surface area contributed by atoms with E-state index in [9.17, 15) is 5.11 Å². The smallest absolute Gasteiger partial charge is 0.219 e. The van der Waals surface area contributed by atoms with Crippen molar-refractivity contribution < 1.29 is 14.6 Å². The molecule has 1 aliphatic heterocycles. The minimum absolute atomic E-state index is 0.170. The van der Waals surface area contributed by atoms with Gasteiger partial charge in [0.1, 0.15) is 6.61 Å². The zero-order valence-corrected chi connectivity index (χ0v) is 7.14. The van der Waals surface area contributed by atoms with Crippen molar-refractivity contribution in [2.45, 2.75) is 5.79 Å². The molecule has 1 aromatic heterocycles. The largest absolute Gasteiger partial charge is 0.390 e. The molecule has 1 aliphatic rings. The Labute approximate surface area is 76.1 Å². The van der Waals surface area contributed by atoms with Crippen LogP contribution in [0.4, 0.5) is 0 Å². The van der Waals surface area contributed by atoms with Gasteiger partial charge in [0.05, 0.1) is 13.2 Å². The van der Waals surface area contributed by atoms with Crippen molar-refractivity contribution in [3.05, 3.63) is 30.1 Å². The van der Waals surface area contributed by atoms with Gasteiger partial charge in [-0.2, -0.15) is 0 Å². The number of nitrogens with zero attached hydrogens (tertiary/aromatic N) is 1. The first-order chi connectivity index (χ1) is 6.37. The summed E-state index contributed by atoms with van der Waals surface area (Å²) >= 11 is 0. The molecule has 70 valence electrons. The van der Waals surface area contributed by atoms with Crippen molar-refractivity contribution in [3.63, 3.8) is 0 Å². The first kappa shape index (κ1) is 8.62. The van der Waals surface area contributed by atoms with Gasteiger partial charge in [0.25, 0.3) is 0 Å². The highest BCUT2D eigenvalue weighted by Gasteiger charge is 2.37. The molecular formula is C9H11NO3. The van der Waals surface area contributed by atoms with Gasteiger partial charge in [-0.25, -0.2) is 0 Å². The molecule has 1 saturated heterocycles. The summed E-state index contributed by atoms with van der Waals surface area (Å²) in [5.41, 5.74) is 0.808. The molecule has 0 amide bonds. The third-order valence-corrected chi connectivity index (χ3v) is 2.08. The molecule has 2 rings (SSSR count). The summed E-state index contributed by atoms with van der Waals surface area (Å²) in [4.78, 5) is 3.89. The van der Waals surface area contributed by atoms with Gasteiger partial charge in [0.2, 0.25) is 5.79 Å². The first-order valence-corrected chi connectivity index (χ1v) is 4.17. The third-order valence-electron chi connectivity index (χ3n) is 2.08. The predicted molar refractivity (Wildman–Crippen MR) is 44.9 cm³/mol. The van der Waals surface area contributed by atoms with Gasteiger partial charge in [-0.3, -0.25) is 4.98 Å². The predicted octanol–water partition coefficient (Wildman–Crippen LogP) is 0.273. The second-order valence-electron chi connectivity index (χ2n) is 2.84. The van der Waals surface area contributed by atoms with Crippen molar-refractivity contribution in [3.8, 4) is 0 Å². The molecular weight excluding hydrogens is 170 g/mol. The van der Waals surface area contributed by atoms with E-state index in [1.807, 2.05) is 0 Å². The standard InChI is InChI=1S/C9H11NO3/c11-7-9(12-5-6-13-9)8-1-3-10-4-2-8/h1-4,11H,5-7H2. The van der Waals surface area contributed by atoms with Gasteiger partial charge >= 0.3 is 0 Å². The molecule has 0 atom stereocenters. The van der Waals surface area contributed by atoms with Crippen LogP contribution in [0.25, 0.3) is 0 Å². The summed E-state index contributed by atoms with van der Waals surface area (Å²) in [6.07, 6.45) is 3.30. The second kappa shape index (κ2) is 3.41. The lowest BCUT2D eigenvalue weighted by Gasteiger charge is -2.24. The molecule has 0 spiro atoms. The lowest BCUT2D eigenvalue weighted by Crippen LogP contribution is -2.31. The molecule has 0 radical (unpaired) electrons. The maximum Gasteiger partial charge on any atom is 0.219 e. The Morgan fingerprint density at radius 1 is 1.31 bits per heavy atom. The van der Waals surface area contributed by atoms with Crippen LogP contribution in [-0.2, 0) is 15.3 Å². The molecule has 0 bridgehead atoms. The van der Waals surface area contributed by atoms with Crippen LogP contribution in [0.2, 0.25) is 0 Å². The Balaban J connectivity index is 2.31. The van der Waals surface area contributed by atoms with Gasteiger partial charge in [0, 0.05) is 18.0 Å². The van der Waals surface area contributed by atoms with Gasteiger partial charge in [-0.05, 0) is 12.1 Å². The number of pyridine rings is 1. The summed E-state index contributed by atoms with van der Waals surface area (Å²) in [5, 5.41) is 9.20. The van der Waals surface area contributed by atoms with Crippen LogP contribution in [0.15, 0.2) is 24.5 Å². The van der Waals surface area contributed by atoms with Crippen LogP contribution in [0.1, 0.15) is 5.56 Å². The number of rotatable bonds is 2. The average molecular weight is 181 g/mol. The van der Waals surface area contributed by atoms with Crippen molar-refractivity contribution >= 4 is 0 Å². The zero-order valence-electron chi connectivity index (χ0n) is 7.14. The zero-order chi connectivity index (χ0) is 9.15.